The first kappa shape index (κ1) is 10.4. The molecule has 0 aliphatic rings. The number of ether oxygens (including phenoxy) is 3. The fourth-order valence-electron chi connectivity index (χ4n) is 0.772. The maximum absolute atomic E-state index is 5.39. The lowest BCUT2D eigenvalue weighted by molar-refractivity contribution is 0.0586. The summed E-state index contributed by atoms with van der Waals surface area (Å²) in [5, 5.41) is 0.810. The Balaban J connectivity index is 4.11. The molecule has 0 aliphatic heterocycles. The Morgan fingerprint density at radius 2 is 1.64 bits per heavy atom. The molecule has 0 heterocycles. The molecule has 0 radical (unpaired) electrons. The standard InChI is InChI=1S/C7H16O3Si/c1-5(2)10-7(11)6(8-3)9-4/h5H,1-4,11H3. The predicted molar refractivity (Wildman–Crippen MR) is 47.2 cm³/mol. The van der Waals surface area contributed by atoms with Crippen LogP contribution in [-0.4, -0.2) is 30.6 Å². The highest BCUT2D eigenvalue weighted by Gasteiger charge is 2.04. The van der Waals surface area contributed by atoms with Crippen molar-refractivity contribution in [2.45, 2.75) is 20.0 Å². The van der Waals surface area contributed by atoms with Crippen molar-refractivity contribution in [1.29, 1.82) is 0 Å². The molecule has 0 aromatic heterocycles. The van der Waals surface area contributed by atoms with Crippen LogP contribution in [0, 0.1) is 0 Å². The average Bonchev–Trinajstić information content (AvgIpc) is 1.88. The molecular formula is C7H16O3Si. The zero-order valence-corrected chi connectivity index (χ0v) is 9.80. The Morgan fingerprint density at radius 1 is 1.18 bits per heavy atom. The van der Waals surface area contributed by atoms with Crippen LogP contribution in [-0.2, 0) is 14.2 Å². The maximum atomic E-state index is 5.39. The SMILES string of the molecule is COC(OC)=C([SiH3])OC(C)C. The Morgan fingerprint density at radius 3 is 1.91 bits per heavy atom. The van der Waals surface area contributed by atoms with Gasteiger partial charge in [-0.05, 0) is 13.8 Å². The van der Waals surface area contributed by atoms with Gasteiger partial charge in [-0.2, -0.15) is 0 Å². The highest BCUT2D eigenvalue weighted by molar-refractivity contribution is 6.20. The van der Waals surface area contributed by atoms with E-state index in [2.05, 4.69) is 0 Å². The molecule has 66 valence electrons. The van der Waals surface area contributed by atoms with Crippen LogP contribution in [0.3, 0.4) is 0 Å². The van der Waals surface area contributed by atoms with Crippen LogP contribution in [0.4, 0.5) is 0 Å². The monoisotopic (exact) mass is 176 g/mol. The third kappa shape index (κ3) is 3.93. The van der Waals surface area contributed by atoms with Crippen LogP contribution in [0.15, 0.2) is 11.3 Å². The van der Waals surface area contributed by atoms with Crippen molar-refractivity contribution in [2.24, 2.45) is 0 Å². The van der Waals surface area contributed by atoms with Crippen molar-refractivity contribution in [3.05, 3.63) is 11.3 Å². The van der Waals surface area contributed by atoms with Gasteiger partial charge in [0, 0.05) is 0 Å². The van der Waals surface area contributed by atoms with Crippen molar-refractivity contribution < 1.29 is 14.2 Å². The van der Waals surface area contributed by atoms with Crippen LogP contribution >= 0.6 is 0 Å². The normalized spacial score (nSPS) is 9.55. The minimum Gasteiger partial charge on any atom is -0.494 e. The number of rotatable bonds is 4. The van der Waals surface area contributed by atoms with E-state index in [0.29, 0.717) is 5.95 Å². The number of methoxy groups -OCH3 is 2. The summed E-state index contributed by atoms with van der Waals surface area (Å²) in [4.78, 5) is 0. The quantitative estimate of drug-likeness (QED) is 0.452. The molecule has 0 bridgehead atoms. The van der Waals surface area contributed by atoms with E-state index in [1.54, 1.807) is 14.2 Å². The van der Waals surface area contributed by atoms with Gasteiger partial charge in [0.05, 0.1) is 30.6 Å². The Kier molecular flexibility index (Phi) is 4.77. The summed E-state index contributed by atoms with van der Waals surface area (Å²) in [7, 11) is 3.94. The zero-order chi connectivity index (χ0) is 8.85. The van der Waals surface area contributed by atoms with Gasteiger partial charge in [0.1, 0.15) is 5.38 Å². The molecule has 0 fully saturated rings. The van der Waals surface area contributed by atoms with Crippen LogP contribution < -0.4 is 0 Å². The molecule has 4 heteroatoms. The van der Waals surface area contributed by atoms with E-state index >= 15 is 0 Å². The number of hydrogen-bond acceptors (Lipinski definition) is 3. The predicted octanol–water partition coefficient (Wildman–Crippen LogP) is 0.196. The van der Waals surface area contributed by atoms with Crippen molar-refractivity contribution >= 4 is 10.2 Å². The maximum Gasteiger partial charge on any atom is 0.311 e. The molecule has 0 amide bonds. The minimum absolute atomic E-state index is 0.183. The van der Waals surface area contributed by atoms with E-state index in [1.807, 2.05) is 13.8 Å². The summed E-state index contributed by atoms with van der Waals surface area (Å²) >= 11 is 0. The smallest absolute Gasteiger partial charge is 0.311 e. The molecule has 3 nitrogen and oxygen atoms in total. The van der Waals surface area contributed by atoms with E-state index in [0.717, 1.165) is 15.6 Å². The van der Waals surface area contributed by atoms with Crippen molar-refractivity contribution in [2.75, 3.05) is 14.2 Å². The van der Waals surface area contributed by atoms with E-state index in [9.17, 15) is 0 Å². The summed E-state index contributed by atoms with van der Waals surface area (Å²) < 4.78 is 15.2. The third-order valence-corrected chi connectivity index (χ3v) is 1.71. The van der Waals surface area contributed by atoms with E-state index in [-0.39, 0.29) is 6.10 Å². The largest absolute Gasteiger partial charge is 0.494 e. The molecule has 0 saturated carbocycles. The van der Waals surface area contributed by atoms with Crippen molar-refractivity contribution in [1.82, 2.24) is 0 Å². The third-order valence-electron chi connectivity index (χ3n) is 1.07. The van der Waals surface area contributed by atoms with Gasteiger partial charge in [-0.15, -0.1) is 0 Å². The zero-order valence-electron chi connectivity index (χ0n) is 7.80. The number of hydrogen-bond donors (Lipinski definition) is 0. The highest BCUT2D eigenvalue weighted by atomic mass is 28.1. The summed E-state index contributed by atoms with van der Waals surface area (Å²) in [6.45, 7) is 3.95. The van der Waals surface area contributed by atoms with Gasteiger partial charge in [-0.1, -0.05) is 0 Å². The van der Waals surface area contributed by atoms with Gasteiger partial charge in [0.2, 0.25) is 0 Å². The topological polar surface area (TPSA) is 27.7 Å². The van der Waals surface area contributed by atoms with Crippen molar-refractivity contribution in [3.63, 3.8) is 0 Å². The molecule has 0 aliphatic carbocycles. The molecule has 0 unspecified atom stereocenters. The van der Waals surface area contributed by atoms with Gasteiger partial charge >= 0.3 is 5.95 Å². The molecule has 0 spiro atoms. The summed E-state index contributed by atoms with van der Waals surface area (Å²) in [5.74, 6) is 0.491. The molecule has 0 atom stereocenters. The van der Waals surface area contributed by atoms with Gasteiger partial charge in [-0.3, -0.25) is 0 Å². The van der Waals surface area contributed by atoms with Gasteiger partial charge < -0.3 is 14.2 Å². The molecule has 0 saturated heterocycles. The Bertz CT molecular complexity index is 137. The lowest BCUT2D eigenvalue weighted by Crippen LogP contribution is -2.07. The average molecular weight is 176 g/mol. The molecule has 11 heavy (non-hydrogen) atoms. The van der Waals surface area contributed by atoms with Crippen LogP contribution in [0.25, 0.3) is 0 Å². The second-order valence-electron chi connectivity index (χ2n) is 2.42. The first-order valence-corrected chi connectivity index (χ1v) is 4.57. The van der Waals surface area contributed by atoms with Gasteiger partial charge in [-0.25, -0.2) is 0 Å². The Labute approximate surface area is 70.8 Å². The Hall–Kier alpha value is -0.643. The second kappa shape index (κ2) is 5.07. The minimum atomic E-state index is 0.183. The molecule has 0 aromatic rings. The van der Waals surface area contributed by atoms with E-state index < -0.39 is 0 Å². The van der Waals surface area contributed by atoms with Crippen LogP contribution in [0.5, 0.6) is 0 Å². The first-order valence-electron chi connectivity index (χ1n) is 3.57. The van der Waals surface area contributed by atoms with E-state index in [1.165, 1.54) is 0 Å². The summed E-state index contributed by atoms with van der Waals surface area (Å²) in [6.07, 6.45) is 0.183. The summed E-state index contributed by atoms with van der Waals surface area (Å²) in [5.41, 5.74) is 0. The van der Waals surface area contributed by atoms with E-state index in [4.69, 9.17) is 14.2 Å². The van der Waals surface area contributed by atoms with Crippen molar-refractivity contribution in [3.8, 4) is 0 Å². The molecular weight excluding hydrogens is 160 g/mol. The summed E-state index contributed by atoms with van der Waals surface area (Å²) in [6, 6.07) is 0. The van der Waals surface area contributed by atoms with Gasteiger partial charge in [0.25, 0.3) is 0 Å². The fourth-order valence-corrected chi connectivity index (χ4v) is 1.65. The van der Waals surface area contributed by atoms with Gasteiger partial charge in [0.15, 0.2) is 0 Å². The first-order chi connectivity index (χ1) is 5.11. The molecule has 0 rings (SSSR count). The highest BCUT2D eigenvalue weighted by Crippen LogP contribution is 2.06. The lowest BCUT2D eigenvalue weighted by atomic mass is 10.5. The lowest BCUT2D eigenvalue weighted by Gasteiger charge is -2.13. The fraction of sp³-hybridized carbons (Fsp3) is 0.714. The van der Waals surface area contributed by atoms with Crippen LogP contribution in [0.2, 0.25) is 0 Å². The second-order valence-corrected chi connectivity index (χ2v) is 3.33. The molecule has 0 aromatic carbocycles. The molecule has 0 N–H and O–H groups in total. The van der Waals surface area contributed by atoms with Crippen LogP contribution in [0.1, 0.15) is 13.8 Å².